The minimum absolute atomic E-state index is 0.0810. The number of hydrogen-bond donors (Lipinski definition) is 1. The summed E-state index contributed by atoms with van der Waals surface area (Å²) < 4.78 is 16.2. The van der Waals surface area contributed by atoms with E-state index in [4.69, 9.17) is 14.2 Å². The molecule has 2 aliphatic rings. The van der Waals surface area contributed by atoms with Crippen LogP contribution in [0, 0.1) is 6.92 Å². The van der Waals surface area contributed by atoms with Gasteiger partial charge in [0, 0.05) is 31.7 Å². The van der Waals surface area contributed by atoms with Crippen molar-refractivity contribution in [2.24, 2.45) is 0 Å². The highest BCUT2D eigenvalue weighted by Crippen LogP contribution is 2.42. The van der Waals surface area contributed by atoms with Crippen molar-refractivity contribution < 1.29 is 28.9 Å². The fraction of sp³-hybridized carbons (Fsp3) is 0.407. The molecule has 8 nitrogen and oxygen atoms in total. The normalized spacial score (nSPS) is 20.3. The van der Waals surface area contributed by atoms with Crippen molar-refractivity contribution in [3.05, 3.63) is 64.7 Å². The van der Waals surface area contributed by atoms with E-state index in [2.05, 4.69) is 4.90 Å². The average Bonchev–Trinajstić information content (AvgIpc) is 3.14. The maximum atomic E-state index is 13.2. The molecule has 0 spiro atoms. The van der Waals surface area contributed by atoms with Gasteiger partial charge in [-0.15, -0.1) is 0 Å². The van der Waals surface area contributed by atoms with Crippen molar-refractivity contribution in [2.45, 2.75) is 19.4 Å². The molecule has 2 aromatic rings. The van der Waals surface area contributed by atoms with Gasteiger partial charge in [-0.25, -0.2) is 0 Å². The number of aliphatic hydroxyl groups excluding tert-OH is 1. The molecule has 1 N–H and O–H groups in total. The molecule has 1 atom stereocenters. The monoisotopic (exact) mass is 480 g/mol. The number of rotatable bonds is 8. The van der Waals surface area contributed by atoms with Crippen LogP contribution in [-0.2, 0) is 14.3 Å². The van der Waals surface area contributed by atoms with E-state index in [1.807, 2.05) is 19.1 Å². The summed E-state index contributed by atoms with van der Waals surface area (Å²) in [5.41, 5.74) is 2.27. The molecule has 186 valence electrons. The van der Waals surface area contributed by atoms with Crippen LogP contribution in [0.2, 0.25) is 0 Å². The van der Waals surface area contributed by atoms with E-state index in [9.17, 15) is 14.7 Å². The lowest BCUT2D eigenvalue weighted by molar-refractivity contribution is -0.140. The number of Topliss-reactive ketones (excluding diaryl/α,β-unsaturated/α-hetero) is 1. The van der Waals surface area contributed by atoms with Gasteiger partial charge in [0.1, 0.15) is 5.76 Å². The van der Waals surface area contributed by atoms with E-state index in [1.165, 1.54) is 7.11 Å². The summed E-state index contributed by atoms with van der Waals surface area (Å²) >= 11 is 0. The Kier molecular flexibility index (Phi) is 7.73. The number of benzene rings is 2. The fourth-order valence-electron chi connectivity index (χ4n) is 4.64. The molecule has 2 aromatic carbocycles. The first kappa shape index (κ1) is 24.8. The van der Waals surface area contributed by atoms with Gasteiger partial charge in [0.25, 0.3) is 11.7 Å². The molecule has 4 rings (SSSR count). The summed E-state index contributed by atoms with van der Waals surface area (Å²) in [6.07, 6.45) is 0.696. The van der Waals surface area contributed by atoms with Crippen LogP contribution >= 0.6 is 0 Å². The first-order chi connectivity index (χ1) is 16.9. The minimum Gasteiger partial charge on any atom is -0.507 e. The van der Waals surface area contributed by atoms with Gasteiger partial charge >= 0.3 is 0 Å². The van der Waals surface area contributed by atoms with Crippen LogP contribution in [0.4, 0.5) is 0 Å². The predicted octanol–water partition coefficient (Wildman–Crippen LogP) is 3.16. The van der Waals surface area contributed by atoms with Crippen molar-refractivity contribution in [1.29, 1.82) is 0 Å². The maximum Gasteiger partial charge on any atom is 0.295 e. The van der Waals surface area contributed by atoms with E-state index < -0.39 is 17.7 Å². The van der Waals surface area contributed by atoms with Gasteiger partial charge < -0.3 is 24.2 Å². The third kappa shape index (κ3) is 5.18. The lowest BCUT2D eigenvalue weighted by Gasteiger charge is -2.29. The zero-order valence-corrected chi connectivity index (χ0v) is 20.5. The number of aliphatic hydroxyl groups is 1. The molecule has 2 fully saturated rings. The number of ketones is 1. The van der Waals surface area contributed by atoms with Gasteiger partial charge in [0.2, 0.25) is 0 Å². The van der Waals surface area contributed by atoms with E-state index in [0.29, 0.717) is 48.8 Å². The molecule has 0 bridgehead atoms. The van der Waals surface area contributed by atoms with Gasteiger partial charge in [0.15, 0.2) is 11.5 Å². The first-order valence-electron chi connectivity index (χ1n) is 11.8. The Morgan fingerprint density at radius 1 is 1.00 bits per heavy atom. The molecule has 0 saturated carbocycles. The molecule has 0 unspecified atom stereocenters. The van der Waals surface area contributed by atoms with Crippen LogP contribution in [-0.4, -0.2) is 80.2 Å². The first-order valence-corrected chi connectivity index (χ1v) is 11.8. The summed E-state index contributed by atoms with van der Waals surface area (Å²) in [6.45, 7) is 6.23. The molecule has 2 heterocycles. The van der Waals surface area contributed by atoms with E-state index in [1.54, 1.807) is 42.3 Å². The molecular weight excluding hydrogens is 448 g/mol. The van der Waals surface area contributed by atoms with Crippen molar-refractivity contribution in [3.63, 3.8) is 0 Å². The van der Waals surface area contributed by atoms with Crippen LogP contribution in [0.5, 0.6) is 11.5 Å². The fourth-order valence-corrected chi connectivity index (χ4v) is 4.64. The number of carbonyl (C=O) groups excluding carboxylic acids is 2. The molecule has 2 aliphatic heterocycles. The van der Waals surface area contributed by atoms with Gasteiger partial charge in [-0.3, -0.25) is 14.5 Å². The Morgan fingerprint density at radius 2 is 1.69 bits per heavy atom. The summed E-state index contributed by atoms with van der Waals surface area (Å²) in [5.74, 6) is -0.452. The molecular formula is C27H32N2O6. The Bertz CT molecular complexity index is 1110. The van der Waals surface area contributed by atoms with E-state index >= 15 is 0 Å². The largest absolute Gasteiger partial charge is 0.507 e. The number of morpholine rings is 1. The average molecular weight is 481 g/mol. The zero-order valence-electron chi connectivity index (χ0n) is 20.5. The highest BCUT2D eigenvalue weighted by atomic mass is 16.5. The third-order valence-electron chi connectivity index (χ3n) is 6.57. The highest BCUT2D eigenvalue weighted by molar-refractivity contribution is 6.46. The third-order valence-corrected chi connectivity index (χ3v) is 6.57. The molecule has 8 heteroatoms. The van der Waals surface area contributed by atoms with Crippen molar-refractivity contribution in [2.75, 3.05) is 53.6 Å². The number of hydrogen-bond acceptors (Lipinski definition) is 7. The number of likely N-dealkylation sites (tertiary alicyclic amines) is 1. The van der Waals surface area contributed by atoms with Gasteiger partial charge in [0.05, 0.1) is 39.0 Å². The molecule has 1 amide bonds. The van der Waals surface area contributed by atoms with Crippen LogP contribution in [0.15, 0.2) is 48.0 Å². The van der Waals surface area contributed by atoms with Crippen molar-refractivity contribution >= 4 is 17.4 Å². The van der Waals surface area contributed by atoms with Crippen molar-refractivity contribution in [1.82, 2.24) is 9.80 Å². The number of nitrogens with zero attached hydrogens (tertiary/aromatic N) is 2. The van der Waals surface area contributed by atoms with Gasteiger partial charge in [-0.1, -0.05) is 35.9 Å². The summed E-state index contributed by atoms with van der Waals surface area (Å²) in [4.78, 5) is 30.3. The second-order valence-corrected chi connectivity index (χ2v) is 8.78. The summed E-state index contributed by atoms with van der Waals surface area (Å²) in [6, 6.07) is 11.8. The van der Waals surface area contributed by atoms with Crippen LogP contribution in [0.1, 0.15) is 29.2 Å². The predicted molar refractivity (Wildman–Crippen MR) is 132 cm³/mol. The topological polar surface area (TPSA) is 88.5 Å². The van der Waals surface area contributed by atoms with E-state index in [0.717, 1.165) is 25.2 Å². The quantitative estimate of drug-likeness (QED) is 0.353. The SMILES string of the molecule is COc1ccc([C@H]2C(=C(O)c3ccc(C)cc3)C(=O)C(=O)N2CCCN2CCOCC2)cc1OC. The second kappa shape index (κ2) is 10.9. The van der Waals surface area contributed by atoms with Crippen molar-refractivity contribution in [3.8, 4) is 11.5 Å². The number of amides is 1. The number of aryl methyl sites for hydroxylation is 1. The molecule has 0 aromatic heterocycles. The number of ether oxygens (including phenoxy) is 3. The number of carbonyl (C=O) groups is 2. The molecule has 2 saturated heterocycles. The summed E-state index contributed by atoms with van der Waals surface area (Å²) in [5, 5.41) is 11.2. The van der Waals surface area contributed by atoms with Crippen LogP contribution in [0.3, 0.4) is 0 Å². The molecule has 0 aliphatic carbocycles. The highest BCUT2D eigenvalue weighted by Gasteiger charge is 2.46. The Labute approximate surface area is 205 Å². The second-order valence-electron chi connectivity index (χ2n) is 8.78. The Balaban J connectivity index is 1.71. The Hall–Kier alpha value is -3.36. The van der Waals surface area contributed by atoms with E-state index in [-0.39, 0.29) is 11.3 Å². The van der Waals surface area contributed by atoms with Gasteiger partial charge in [-0.2, -0.15) is 0 Å². The van der Waals surface area contributed by atoms with Crippen LogP contribution in [0.25, 0.3) is 5.76 Å². The minimum atomic E-state index is -0.735. The standard InChI is InChI=1S/C27H32N2O6/c1-18-5-7-19(8-6-18)25(30)23-24(20-9-10-21(33-2)22(17-20)34-3)29(27(32)26(23)31)12-4-11-28-13-15-35-16-14-28/h5-10,17,24,30H,4,11-16H2,1-3H3/t24-/m0/s1. The molecule has 0 radical (unpaired) electrons. The van der Waals surface area contributed by atoms with Crippen LogP contribution < -0.4 is 9.47 Å². The zero-order chi connectivity index (χ0) is 24.9. The smallest absolute Gasteiger partial charge is 0.295 e. The lowest BCUT2D eigenvalue weighted by atomic mass is 9.94. The lowest BCUT2D eigenvalue weighted by Crippen LogP contribution is -2.38. The molecule has 35 heavy (non-hydrogen) atoms. The van der Waals surface area contributed by atoms with Gasteiger partial charge in [-0.05, 0) is 31.0 Å². The summed E-state index contributed by atoms with van der Waals surface area (Å²) in [7, 11) is 3.08. The maximum absolute atomic E-state index is 13.2. The number of methoxy groups -OCH3 is 2. The Morgan fingerprint density at radius 3 is 2.34 bits per heavy atom.